The van der Waals surface area contributed by atoms with E-state index in [0.29, 0.717) is 29.7 Å². The number of phenols is 1. The Hall–Kier alpha value is -2.90. The average molecular weight is 345 g/mol. The van der Waals surface area contributed by atoms with Gasteiger partial charge in [0, 0.05) is 18.3 Å². The molecule has 1 aliphatic heterocycles. The molecule has 3 rings (SSSR count). The number of hydrogen-bond donors (Lipinski definition) is 3. The third kappa shape index (κ3) is 3.96. The largest absolute Gasteiger partial charge is 0.505 e. The van der Waals surface area contributed by atoms with E-state index in [2.05, 4.69) is 34.4 Å². The number of benzene rings is 1. The highest BCUT2D eigenvalue weighted by atomic mass is 19.1. The van der Waals surface area contributed by atoms with Crippen LogP contribution in [0.4, 0.5) is 27.5 Å². The third-order valence-corrected chi connectivity index (χ3v) is 3.86. The summed E-state index contributed by atoms with van der Waals surface area (Å²) in [6.07, 6.45) is 2.46. The van der Waals surface area contributed by atoms with Crippen LogP contribution in [0.25, 0.3) is 0 Å². The van der Waals surface area contributed by atoms with Crippen molar-refractivity contribution in [3.05, 3.63) is 30.2 Å². The van der Waals surface area contributed by atoms with Crippen molar-refractivity contribution in [1.82, 2.24) is 9.97 Å². The number of aromatic hydroxyl groups is 1. The standard InChI is InChI=1S/C17H20FN5O2/c1-10(2)5-6-23-9-15(25)21-13-8-19-17(22-16(13)23)20-11-3-4-14(24)12(18)7-11/h3-4,7-8,10,24H,5-6,9H2,1-2H3,(H,21,25)(H,19,20,22). The fraction of sp³-hybridized carbons (Fsp3) is 0.353. The van der Waals surface area contributed by atoms with Gasteiger partial charge in [0.2, 0.25) is 11.9 Å². The van der Waals surface area contributed by atoms with Crippen molar-refractivity contribution in [2.75, 3.05) is 28.6 Å². The molecule has 3 N–H and O–H groups in total. The summed E-state index contributed by atoms with van der Waals surface area (Å²) in [4.78, 5) is 22.4. The van der Waals surface area contributed by atoms with Crippen LogP contribution in [0, 0.1) is 11.7 Å². The Morgan fingerprint density at radius 2 is 2.24 bits per heavy atom. The Morgan fingerprint density at radius 3 is 2.96 bits per heavy atom. The summed E-state index contributed by atoms with van der Waals surface area (Å²) in [6.45, 7) is 5.20. The lowest BCUT2D eigenvalue weighted by atomic mass is 10.1. The number of carbonyl (C=O) groups excluding carboxylic acids is 1. The fourth-order valence-corrected chi connectivity index (χ4v) is 2.51. The summed E-state index contributed by atoms with van der Waals surface area (Å²) >= 11 is 0. The van der Waals surface area contributed by atoms with Crippen molar-refractivity contribution < 1.29 is 14.3 Å². The molecule has 7 nitrogen and oxygen atoms in total. The lowest BCUT2D eigenvalue weighted by Crippen LogP contribution is -2.40. The Balaban J connectivity index is 1.84. The molecule has 132 valence electrons. The number of phenolic OH excluding ortho intramolecular Hbond substituents is 1. The first-order valence-electron chi connectivity index (χ1n) is 8.10. The van der Waals surface area contributed by atoms with E-state index in [-0.39, 0.29) is 18.4 Å². The maximum Gasteiger partial charge on any atom is 0.244 e. The minimum Gasteiger partial charge on any atom is -0.505 e. The van der Waals surface area contributed by atoms with Crippen molar-refractivity contribution in [2.24, 2.45) is 5.92 Å². The first-order chi connectivity index (χ1) is 11.9. The SMILES string of the molecule is CC(C)CCN1CC(=O)Nc2cnc(Nc3ccc(O)c(F)c3)nc21. The van der Waals surface area contributed by atoms with Crippen LogP contribution in [0.1, 0.15) is 20.3 Å². The first kappa shape index (κ1) is 16.9. The van der Waals surface area contributed by atoms with Crippen LogP contribution in [0.3, 0.4) is 0 Å². The molecule has 0 spiro atoms. The van der Waals surface area contributed by atoms with Gasteiger partial charge in [0.05, 0.1) is 12.7 Å². The minimum absolute atomic E-state index is 0.0961. The maximum absolute atomic E-state index is 13.4. The zero-order chi connectivity index (χ0) is 18.0. The third-order valence-electron chi connectivity index (χ3n) is 3.86. The molecule has 1 aromatic carbocycles. The molecule has 0 atom stereocenters. The lowest BCUT2D eigenvalue weighted by Gasteiger charge is -2.30. The normalized spacial score (nSPS) is 13.6. The second kappa shape index (κ2) is 6.92. The Labute approximate surface area is 144 Å². The van der Waals surface area contributed by atoms with E-state index in [1.165, 1.54) is 18.3 Å². The molecular weight excluding hydrogens is 325 g/mol. The Morgan fingerprint density at radius 1 is 1.44 bits per heavy atom. The number of halogens is 1. The van der Waals surface area contributed by atoms with E-state index in [1.54, 1.807) is 0 Å². The van der Waals surface area contributed by atoms with Crippen molar-refractivity contribution >= 4 is 29.0 Å². The number of nitrogens with zero attached hydrogens (tertiary/aromatic N) is 3. The summed E-state index contributed by atoms with van der Waals surface area (Å²) in [7, 11) is 0. The van der Waals surface area contributed by atoms with Gasteiger partial charge in [0.25, 0.3) is 0 Å². The van der Waals surface area contributed by atoms with Crippen molar-refractivity contribution in [3.8, 4) is 5.75 Å². The van der Waals surface area contributed by atoms with Gasteiger partial charge in [-0.2, -0.15) is 4.98 Å². The van der Waals surface area contributed by atoms with Crippen LogP contribution in [-0.2, 0) is 4.79 Å². The van der Waals surface area contributed by atoms with Crippen LogP contribution < -0.4 is 15.5 Å². The summed E-state index contributed by atoms with van der Waals surface area (Å²) < 4.78 is 13.4. The topological polar surface area (TPSA) is 90.4 Å². The van der Waals surface area contributed by atoms with Crippen LogP contribution in [0.5, 0.6) is 5.75 Å². The highest BCUT2D eigenvalue weighted by molar-refractivity contribution is 6.00. The molecule has 1 aliphatic rings. The highest BCUT2D eigenvalue weighted by Crippen LogP contribution is 2.29. The molecule has 8 heteroatoms. The zero-order valence-electron chi connectivity index (χ0n) is 14.1. The van der Waals surface area contributed by atoms with Crippen LogP contribution in [-0.4, -0.2) is 34.1 Å². The monoisotopic (exact) mass is 345 g/mol. The van der Waals surface area contributed by atoms with E-state index in [4.69, 9.17) is 0 Å². The fourth-order valence-electron chi connectivity index (χ4n) is 2.51. The van der Waals surface area contributed by atoms with Gasteiger partial charge >= 0.3 is 0 Å². The number of carbonyl (C=O) groups is 1. The van der Waals surface area contributed by atoms with Gasteiger partial charge in [-0.3, -0.25) is 4.79 Å². The van der Waals surface area contributed by atoms with E-state index in [9.17, 15) is 14.3 Å². The molecule has 2 heterocycles. The molecular formula is C17H20FN5O2. The van der Waals surface area contributed by atoms with Crippen LogP contribution >= 0.6 is 0 Å². The molecule has 0 unspecified atom stereocenters. The van der Waals surface area contributed by atoms with E-state index in [0.717, 1.165) is 12.5 Å². The number of amides is 1. The summed E-state index contributed by atoms with van der Waals surface area (Å²) in [5.41, 5.74) is 0.978. The number of anilines is 4. The molecule has 0 saturated carbocycles. The predicted molar refractivity (Wildman–Crippen MR) is 93.7 cm³/mol. The van der Waals surface area contributed by atoms with E-state index in [1.807, 2.05) is 4.90 Å². The summed E-state index contributed by atoms with van der Waals surface area (Å²) in [6, 6.07) is 3.95. The second-order valence-corrected chi connectivity index (χ2v) is 6.37. The summed E-state index contributed by atoms with van der Waals surface area (Å²) in [5, 5.41) is 14.9. The average Bonchev–Trinajstić information content (AvgIpc) is 2.56. The number of nitrogens with one attached hydrogen (secondary N) is 2. The number of aromatic nitrogens is 2. The molecule has 0 fully saturated rings. The molecule has 0 bridgehead atoms. The second-order valence-electron chi connectivity index (χ2n) is 6.37. The molecule has 25 heavy (non-hydrogen) atoms. The number of rotatable bonds is 5. The molecule has 0 saturated heterocycles. The van der Waals surface area contributed by atoms with E-state index >= 15 is 0 Å². The van der Waals surface area contributed by atoms with Gasteiger partial charge < -0.3 is 20.6 Å². The van der Waals surface area contributed by atoms with Gasteiger partial charge in [-0.05, 0) is 24.5 Å². The smallest absolute Gasteiger partial charge is 0.244 e. The van der Waals surface area contributed by atoms with Gasteiger partial charge in [-0.25, -0.2) is 9.37 Å². The van der Waals surface area contributed by atoms with Gasteiger partial charge in [0.1, 0.15) is 5.69 Å². The van der Waals surface area contributed by atoms with E-state index < -0.39 is 11.6 Å². The first-order valence-corrected chi connectivity index (χ1v) is 8.10. The van der Waals surface area contributed by atoms with Gasteiger partial charge in [0.15, 0.2) is 17.4 Å². The minimum atomic E-state index is -0.728. The van der Waals surface area contributed by atoms with Gasteiger partial charge in [-0.1, -0.05) is 13.8 Å². The number of hydrogen-bond acceptors (Lipinski definition) is 6. The highest BCUT2D eigenvalue weighted by Gasteiger charge is 2.24. The molecule has 0 aliphatic carbocycles. The van der Waals surface area contributed by atoms with Crippen molar-refractivity contribution in [1.29, 1.82) is 0 Å². The Kier molecular flexibility index (Phi) is 4.69. The molecule has 1 amide bonds. The number of fused-ring (bicyclic) bond motifs is 1. The zero-order valence-corrected chi connectivity index (χ0v) is 14.1. The van der Waals surface area contributed by atoms with Crippen LogP contribution in [0.15, 0.2) is 24.4 Å². The van der Waals surface area contributed by atoms with Crippen molar-refractivity contribution in [3.63, 3.8) is 0 Å². The van der Waals surface area contributed by atoms with Gasteiger partial charge in [-0.15, -0.1) is 0 Å². The quantitative estimate of drug-likeness (QED) is 0.722. The van der Waals surface area contributed by atoms with Crippen molar-refractivity contribution in [2.45, 2.75) is 20.3 Å². The molecule has 1 aromatic heterocycles. The predicted octanol–water partition coefficient (Wildman–Crippen LogP) is 2.87. The Bertz CT molecular complexity index is 797. The van der Waals surface area contributed by atoms with Crippen LogP contribution in [0.2, 0.25) is 0 Å². The summed E-state index contributed by atoms with van der Waals surface area (Å²) in [5.74, 6) is 0.189. The maximum atomic E-state index is 13.4. The molecule has 0 radical (unpaired) electrons. The molecule has 2 aromatic rings. The lowest BCUT2D eigenvalue weighted by molar-refractivity contribution is -0.115.